The van der Waals surface area contributed by atoms with E-state index in [1.165, 1.54) is 0 Å². The summed E-state index contributed by atoms with van der Waals surface area (Å²) in [6.45, 7) is 8.03. The van der Waals surface area contributed by atoms with Gasteiger partial charge in [-0.15, -0.1) is 5.10 Å². The summed E-state index contributed by atoms with van der Waals surface area (Å²) in [6, 6.07) is 1.12. The monoisotopic (exact) mass is 305 g/mol. The van der Waals surface area contributed by atoms with Gasteiger partial charge in [-0.2, -0.15) is 4.68 Å². The highest BCUT2D eigenvalue weighted by Crippen LogP contribution is 2.15. The van der Waals surface area contributed by atoms with Crippen LogP contribution in [0.1, 0.15) is 0 Å². The minimum atomic E-state index is -1.08. The maximum atomic E-state index is 5.89. The number of rotatable bonds is 5. The summed E-state index contributed by atoms with van der Waals surface area (Å²) in [5, 5.41) is 8.22. The molecule has 21 heavy (non-hydrogen) atoms. The minimum Gasteiger partial charge on any atom is -0.383 e. The molecule has 0 unspecified atom stereocenters. The fourth-order valence-corrected chi connectivity index (χ4v) is 2.76. The molecule has 0 saturated heterocycles. The molecule has 0 aliphatic carbocycles. The Labute approximate surface area is 122 Å². The molecule has 0 amide bonds. The number of imidazole rings is 1. The van der Waals surface area contributed by atoms with Crippen LogP contribution in [0.4, 0.5) is 5.82 Å². The van der Waals surface area contributed by atoms with Crippen LogP contribution >= 0.6 is 0 Å². The number of fused-ring (bicyclic) bond motifs is 3. The van der Waals surface area contributed by atoms with E-state index >= 15 is 0 Å². The first-order valence-corrected chi connectivity index (χ1v) is 10.6. The topological polar surface area (TPSA) is 96.1 Å². The largest absolute Gasteiger partial charge is 0.383 e. The standard InChI is InChI=1S/C12H19N7OSi/c1-21(2,3)5-4-20-8-18-11-12(16-17-18)19-9(13)6-14-10(19)7-15-11/h6-7H,4-5,8,13H2,1-3H3. The molecule has 0 aliphatic heterocycles. The van der Waals surface area contributed by atoms with E-state index in [1.54, 1.807) is 21.5 Å². The Bertz CT molecular complexity index is 773. The Morgan fingerprint density at radius 2 is 2.00 bits per heavy atom. The van der Waals surface area contributed by atoms with Crippen LogP contribution in [0, 0.1) is 0 Å². The fraction of sp³-hybridized carbons (Fsp3) is 0.500. The van der Waals surface area contributed by atoms with E-state index in [2.05, 4.69) is 39.9 Å². The molecule has 0 radical (unpaired) electrons. The second kappa shape index (κ2) is 5.08. The molecule has 3 aromatic rings. The van der Waals surface area contributed by atoms with Gasteiger partial charge in [0, 0.05) is 14.7 Å². The van der Waals surface area contributed by atoms with Gasteiger partial charge in [-0.25, -0.2) is 9.97 Å². The van der Waals surface area contributed by atoms with E-state index < -0.39 is 8.07 Å². The number of nitrogens with zero attached hydrogens (tertiary/aromatic N) is 6. The molecule has 3 heterocycles. The van der Waals surface area contributed by atoms with Crippen molar-refractivity contribution in [3.63, 3.8) is 0 Å². The van der Waals surface area contributed by atoms with Crippen LogP contribution in [0.2, 0.25) is 25.7 Å². The minimum absolute atomic E-state index is 0.341. The van der Waals surface area contributed by atoms with Gasteiger partial charge in [-0.3, -0.25) is 4.40 Å². The van der Waals surface area contributed by atoms with Crippen molar-refractivity contribution < 1.29 is 4.74 Å². The summed E-state index contributed by atoms with van der Waals surface area (Å²) in [7, 11) is -1.08. The number of ether oxygens (including phenoxy) is 1. The smallest absolute Gasteiger partial charge is 0.209 e. The highest BCUT2D eigenvalue weighted by atomic mass is 28.3. The number of nitrogen functional groups attached to an aromatic ring is 1. The van der Waals surface area contributed by atoms with Crippen molar-refractivity contribution >= 4 is 30.8 Å². The van der Waals surface area contributed by atoms with E-state index in [9.17, 15) is 0 Å². The van der Waals surface area contributed by atoms with E-state index in [4.69, 9.17) is 10.5 Å². The Kier molecular flexibility index (Phi) is 3.37. The first-order valence-electron chi connectivity index (χ1n) is 6.84. The molecule has 3 aromatic heterocycles. The SMILES string of the molecule is C[Si](C)(C)CCOCn1nnc2c1ncc1ncc(N)n12. The number of hydrogen-bond acceptors (Lipinski definition) is 6. The van der Waals surface area contributed by atoms with E-state index in [1.807, 2.05) is 0 Å². The van der Waals surface area contributed by atoms with Gasteiger partial charge in [0.1, 0.15) is 12.5 Å². The van der Waals surface area contributed by atoms with Crippen LogP contribution in [-0.2, 0) is 11.5 Å². The van der Waals surface area contributed by atoms with Gasteiger partial charge in [-0.1, -0.05) is 24.9 Å². The molecule has 2 N–H and O–H groups in total. The lowest BCUT2D eigenvalue weighted by Gasteiger charge is -2.15. The molecule has 3 rings (SSSR count). The lowest BCUT2D eigenvalue weighted by atomic mass is 10.6. The van der Waals surface area contributed by atoms with Crippen LogP contribution < -0.4 is 5.73 Å². The summed E-state index contributed by atoms with van der Waals surface area (Å²) in [6.07, 6.45) is 3.24. The number of nitrogens with two attached hydrogens (primary N) is 1. The Hall–Kier alpha value is -2.00. The van der Waals surface area contributed by atoms with Gasteiger partial charge in [0.25, 0.3) is 0 Å². The van der Waals surface area contributed by atoms with Crippen molar-refractivity contribution in [2.24, 2.45) is 0 Å². The highest BCUT2D eigenvalue weighted by molar-refractivity contribution is 6.76. The highest BCUT2D eigenvalue weighted by Gasteiger charge is 2.14. The van der Waals surface area contributed by atoms with Gasteiger partial charge >= 0.3 is 0 Å². The van der Waals surface area contributed by atoms with Crippen LogP contribution in [0.3, 0.4) is 0 Å². The molecule has 0 aromatic carbocycles. The Morgan fingerprint density at radius 3 is 2.76 bits per heavy atom. The molecule has 0 fully saturated rings. The first-order chi connectivity index (χ1) is 9.96. The molecular weight excluding hydrogens is 286 g/mol. The zero-order chi connectivity index (χ0) is 15.0. The van der Waals surface area contributed by atoms with Crippen LogP contribution in [-0.4, -0.2) is 44.0 Å². The van der Waals surface area contributed by atoms with Crippen molar-refractivity contribution in [1.82, 2.24) is 29.4 Å². The lowest BCUT2D eigenvalue weighted by Crippen LogP contribution is -2.22. The van der Waals surface area contributed by atoms with Crippen molar-refractivity contribution in [1.29, 1.82) is 0 Å². The second-order valence-electron chi connectivity index (χ2n) is 6.22. The van der Waals surface area contributed by atoms with Crippen molar-refractivity contribution in [2.45, 2.75) is 32.4 Å². The van der Waals surface area contributed by atoms with Crippen LogP contribution in [0.25, 0.3) is 16.9 Å². The van der Waals surface area contributed by atoms with Gasteiger partial charge < -0.3 is 10.5 Å². The first kappa shape index (κ1) is 14.0. The molecule has 0 bridgehead atoms. The molecule has 112 valence electrons. The van der Waals surface area contributed by atoms with E-state index in [0.29, 0.717) is 29.5 Å². The average Bonchev–Trinajstić information content (AvgIpc) is 2.98. The number of anilines is 1. The predicted molar refractivity (Wildman–Crippen MR) is 82.6 cm³/mol. The summed E-state index contributed by atoms with van der Waals surface area (Å²) >= 11 is 0. The Morgan fingerprint density at radius 1 is 1.19 bits per heavy atom. The molecule has 0 saturated carbocycles. The summed E-state index contributed by atoms with van der Waals surface area (Å²) in [5.41, 5.74) is 7.78. The third kappa shape index (κ3) is 2.74. The van der Waals surface area contributed by atoms with Crippen LogP contribution in [0.5, 0.6) is 0 Å². The van der Waals surface area contributed by atoms with Crippen molar-refractivity contribution in [3.8, 4) is 0 Å². The molecule has 0 aliphatic rings. The predicted octanol–water partition coefficient (Wildman–Crippen LogP) is 1.37. The molecule has 9 heteroatoms. The summed E-state index contributed by atoms with van der Waals surface area (Å²) < 4.78 is 9.05. The fourth-order valence-electron chi connectivity index (χ4n) is 2.01. The van der Waals surface area contributed by atoms with Gasteiger partial charge in [-0.05, 0) is 6.04 Å². The van der Waals surface area contributed by atoms with E-state index in [-0.39, 0.29) is 0 Å². The zero-order valence-corrected chi connectivity index (χ0v) is 13.4. The van der Waals surface area contributed by atoms with Gasteiger partial charge in [0.15, 0.2) is 11.3 Å². The third-order valence-corrected chi connectivity index (χ3v) is 4.94. The maximum Gasteiger partial charge on any atom is 0.209 e. The zero-order valence-electron chi connectivity index (χ0n) is 12.4. The lowest BCUT2D eigenvalue weighted by molar-refractivity contribution is 0.0799. The number of aromatic nitrogens is 6. The molecule has 8 nitrogen and oxygen atoms in total. The Balaban J connectivity index is 1.81. The van der Waals surface area contributed by atoms with E-state index in [0.717, 1.165) is 12.7 Å². The molecular formula is C12H19N7OSi. The molecule has 0 atom stereocenters. The average molecular weight is 305 g/mol. The summed E-state index contributed by atoms with van der Waals surface area (Å²) in [5.74, 6) is 0.518. The normalized spacial score (nSPS) is 12.5. The quantitative estimate of drug-likeness (QED) is 0.565. The third-order valence-electron chi connectivity index (χ3n) is 3.23. The van der Waals surface area contributed by atoms with Gasteiger partial charge in [0.2, 0.25) is 5.65 Å². The summed E-state index contributed by atoms with van der Waals surface area (Å²) in [4.78, 5) is 8.49. The second-order valence-corrected chi connectivity index (χ2v) is 11.8. The number of hydrogen-bond donors (Lipinski definition) is 1. The maximum absolute atomic E-state index is 5.89. The van der Waals surface area contributed by atoms with Crippen molar-refractivity contribution in [3.05, 3.63) is 12.4 Å². The van der Waals surface area contributed by atoms with Gasteiger partial charge in [0.05, 0.1) is 12.4 Å². The molecule has 0 spiro atoms. The van der Waals surface area contributed by atoms with Crippen molar-refractivity contribution in [2.75, 3.05) is 12.3 Å². The van der Waals surface area contributed by atoms with Crippen LogP contribution in [0.15, 0.2) is 12.4 Å².